The SMILES string of the molecule is C#C[C@@](CO)(Oc1ccc(OC)cc1)c1ccccc1. The van der Waals surface area contributed by atoms with Crippen LogP contribution >= 0.6 is 0 Å². The summed E-state index contributed by atoms with van der Waals surface area (Å²) in [6.07, 6.45) is 5.59. The number of ether oxygens (including phenoxy) is 2. The minimum absolute atomic E-state index is 0.306. The first kappa shape index (κ1) is 14.0. The van der Waals surface area contributed by atoms with Crippen LogP contribution in [0.15, 0.2) is 54.6 Å². The van der Waals surface area contributed by atoms with Crippen molar-refractivity contribution in [2.45, 2.75) is 5.60 Å². The number of hydrogen-bond acceptors (Lipinski definition) is 3. The highest BCUT2D eigenvalue weighted by Gasteiger charge is 2.31. The van der Waals surface area contributed by atoms with Gasteiger partial charge >= 0.3 is 0 Å². The highest BCUT2D eigenvalue weighted by atomic mass is 16.5. The van der Waals surface area contributed by atoms with Crippen LogP contribution in [0.2, 0.25) is 0 Å². The van der Waals surface area contributed by atoms with Gasteiger partial charge < -0.3 is 14.6 Å². The summed E-state index contributed by atoms with van der Waals surface area (Å²) in [6, 6.07) is 16.3. The summed E-state index contributed by atoms with van der Waals surface area (Å²) in [5, 5.41) is 9.70. The molecule has 0 heterocycles. The molecule has 102 valence electrons. The molecule has 0 aliphatic rings. The maximum Gasteiger partial charge on any atom is 0.217 e. The van der Waals surface area contributed by atoms with E-state index >= 15 is 0 Å². The number of aliphatic hydroxyl groups excluding tert-OH is 1. The van der Waals surface area contributed by atoms with Crippen molar-refractivity contribution in [3.05, 3.63) is 60.2 Å². The average molecular weight is 268 g/mol. The molecule has 1 N–H and O–H groups in total. The first-order valence-corrected chi connectivity index (χ1v) is 6.21. The highest BCUT2D eigenvalue weighted by Crippen LogP contribution is 2.28. The fourth-order valence-corrected chi connectivity index (χ4v) is 1.89. The van der Waals surface area contributed by atoms with Gasteiger partial charge in [-0.15, -0.1) is 6.42 Å². The van der Waals surface area contributed by atoms with E-state index in [4.69, 9.17) is 15.9 Å². The van der Waals surface area contributed by atoms with E-state index in [1.807, 2.05) is 30.3 Å². The van der Waals surface area contributed by atoms with Crippen LogP contribution in [0.25, 0.3) is 0 Å². The van der Waals surface area contributed by atoms with E-state index in [0.29, 0.717) is 5.75 Å². The summed E-state index contributed by atoms with van der Waals surface area (Å²) in [4.78, 5) is 0. The minimum Gasteiger partial charge on any atom is -0.497 e. The van der Waals surface area contributed by atoms with E-state index in [-0.39, 0.29) is 6.61 Å². The molecular formula is C17H16O3. The quantitative estimate of drug-likeness (QED) is 0.847. The first-order valence-electron chi connectivity index (χ1n) is 6.21. The smallest absolute Gasteiger partial charge is 0.217 e. The van der Waals surface area contributed by atoms with Crippen molar-refractivity contribution < 1.29 is 14.6 Å². The molecule has 3 nitrogen and oxygen atoms in total. The molecule has 0 fully saturated rings. The molecule has 0 saturated heterocycles. The summed E-state index contributed by atoms with van der Waals surface area (Å²) in [7, 11) is 1.60. The van der Waals surface area contributed by atoms with Crippen LogP contribution in [0.1, 0.15) is 5.56 Å². The van der Waals surface area contributed by atoms with Gasteiger partial charge in [0.1, 0.15) is 11.5 Å². The predicted octanol–water partition coefficient (Wildman–Crippen LogP) is 2.60. The maximum atomic E-state index is 9.70. The van der Waals surface area contributed by atoms with Crippen LogP contribution in [0.5, 0.6) is 11.5 Å². The van der Waals surface area contributed by atoms with Crippen LogP contribution in [-0.2, 0) is 5.60 Å². The Bertz CT molecular complexity index is 584. The molecule has 2 aromatic rings. The Morgan fingerprint density at radius 3 is 2.15 bits per heavy atom. The Hall–Kier alpha value is -2.44. The van der Waals surface area contributed by atoms with Crippen LogP contribution in [-0.4, -0.2) is 18.8 Å². The Balaban J connectivity index is 2.32. The lowest BCUT2D eigenvalue weighted by Gasteiger charge is -2.28. The summed E-state index contributed by atoms with van der Waals surface area (Å²) in [6.45, 7) is -0.306. The molecule has 2 rings (SSSR count). The Labute approximate surface area is 118 Å². The molecule has 0 saturated carbocycles. The second-order valence-corrected chi connectivity index (χ2v) is 4.27. The van der Waals surface area contributed by atoms with Crippen LogP contribution in [0.3, 0.4) is 0 Å². The lowest BCUT2D eigenvalue weighted by Crippen LogP contribution is -2.35. The predicted molar refractivity (Wildman–Crippen MR) is 77.7 cm³/mol. The van der Waals surface area contributed by atoms with Crippen molar-refractivity contribution in [3.8, 4) is 23.8 Å². The molecule has 0 aliphatic heterocycles. The molecule has 20 heavy (non-hydrogen) atoms. The van der Waals surface area contributed by atoms with Gasteiger partial charge in [0.15, 0.2) is 0 Å². The molecule has 0 unspecified atom stereocenters. The minimum atomic E-state index is -1.18. The van der Waals surface area contributed by atoms with Gasteiger partial charge in [0.25, 0.3) is 0 Å². The van der Waals surface area contributed by atoms with E-state index in [1.165, 1.54) is 0 Å². The molecule has 1 atom stereocenters. The normalized spacial score (nSPS) is 13.1. The lowest BCUT2D eigenvalue weighted by molar-refractivity contribution is 0.0562. The number of terminal acetylenes is 1. The maximum absolute atomic E-state index is 9.70. The van der Waals surface area contributed by atoms with Gasteiger partial charge in [0.05, 0.1) is 13.7 Å². The van der Waals surface area contributed by atoms with Gasteiger partial charge in [-0.1, -0.05) is 36.3 Å². The Morgan fingerprint density at radius 1 is 1.05 bits per heavy atom. The third-order valence-corrected chi connectivity index (χ3v) is 3.05. The Morgan fingerprint density at radius 2 is 1.65 bits per heavy atom. The highest BCUT2D eigenvalue weighted by molar-refractivity contribution is 5.37. The van der Waals surface area contributed by atoms with E-state index in [0.717, 1.165) is 11.3 Å². The fourth-order valence-electron chi connectivity index (χ4n) is 1.89. The number of benzene rings is 2. The molecule has 0 aromatic heterocycles. The molecule has 3 heteroatoms. The van der Waals surface area contributed by atoms with Gasteiger partial charge in [-0.25, -0.2) is 0 Å². The van der Waals surface area contributed by atoms with Gasteiger partial charge in [-0.3, -0.25) is 0 Å². The van der Waals surface area contributed by atoms with Crippen molar-refractivity contribution in [3.63, 3.8) is 0 Å². The number of rotatable bonds is 5. The van der Waals surface area contributed by atoms with Crippen molar-refractivity contribution in [2.75, 3.05) is 13.7 Å². The second kappa shape index (κ2) is 6.14. The van der Waals surface area contributed by atoms with Crippen LogP contribution in [0.4, 0.5) is 0 Å². The lowest BCUT2D eigenvalue weighted by atomic mass is 9.95. The number of aliphatic hydroxyl groups is 1. The number of methoxy groups -OCH3 is 1. The molecule has 0 bridgehead atoms. The standard InChI is InChI=1S/C17H16O3/c1-3-17(13-18,14-7-5-4-6-8-14)20-16-11-9-15(19-2)10-12-16/h1,4-12,18H,13H2,2H3/t17-/m0/s1. The first-order chi connectivity index (χ1) is 9.74. The summed E-state index contributed by atoms with van der Waals surface area (Å²) < 4.78 is 10.9. The molecule has 0 spiro atoms. The monoisotopic (exact) mass is 268 g/mol. The zero-order valence-corrected chi connectivity index (χ0v) is 11.2. The van der Waals surface area contributed by atoms with E-state index in [1.54, 1.807) is 31.4 Å². The van der Waals surface area contributed by atoms with Crippen molar-refractivity contribution in [2.24, 2.45) is 0 Å². The van der Waals surface area contributed by atoms with Gasteiger partial charge in [-0.2, -0.15) is 0 Å². The van der Waals surface area contributed by atoms with Crippen LogP contribution < -0.4 is 9.47 Å². The van der Waals surface area contributed by atoms with Gasteiger partial charge in [0.2, 0.25) is 5.60 Å². The summed E-state index contributed by atoms with van der Waals surface area (Å²) in [5.41, 5.74) is -0.448. The van der Waals surface area contributed by atoms with Gasteiger partial charge in [0, 0.05) is 5.56 Å². The second-order valence-electron chi connectivity index (χ2n) is 4.27. The fraction of sp³-hybridized carbons (Fsp3) is 0.176. The summed E-state index contributed by atoms with van der Waals surface area (Å²) >= 11 is 0. The zero-order chi connectivity index (χ0) is 14.4. The van der Waals surface area contributed by atoms with Crippen molar-refractivity contribution in [1.29, 1.82) is 0 Å². The molecule has 0 radical (unpaired) electrons. The molecule has 2 aromatic carbocycles. The van der Waals surface area contributed by atoms with Crippen LogP contribution in [0, 0.1) is 12.3 Å². The molecule has 0 aliphatic carbocycles. The zero-order valence-electron chi connectivity index (χ0n) is 11.2. The van der Waals surface area contributed by atoms with E-state index in [2.05, 4.69) is 5.92 Å². The largest absolute Gasteiger partial charge is 0.497 e. The molecular weight excluding hydrogens is 252 g/mol. The van der Waals surface area contributed by atoms with Gasteiger partial charge in [-0.05, 0) is 24.3 Å². The average Bonchev–Trinajstić information content (AvgIpc) is 2.54. The van der Waals surface area contributed by atoms with Crippen molar-refractivity contribution >= 4 is 0 Å². The Kier molecular flexibility index (Phi) is 4.29. The van der Waals surface area contributed by atoms with Crippen molar-refractivity contribution in [1.82, 2.24) is 0 Å². The summed E-state index contributed by atoms with van der Waals surface area (Å²) in [5.74, 6) is 3.86. The molecule has 0 amide bonds. The number of hydrogen-bond donors (Lipinski definition) is 1. The van der Waals surface area contributed by atoms with E-state index < -0.39 is 5.60 Å². The third-order valence-electron chi connectivity index (χ3n) is 3.05. The topological polar surface area (TPSA) is 38.7 Å². The third kappa shape index (κ3) is 2.76. The van der Waals surface area contributed by atoms with E-state index in [9.17, 15) is 5.11 Å².